The molecular weight excluding hydrogens is 266 g/mol. The Bertz CT molecular complexity index is 609. The van der Waals surface area contributed by atoms with Crippen LogP contribution in [-0.4, -0.2) is 19.9 Å². The standard InChI is InChI=1S/C16H21N3O2/c1-2-13(20)12-7-3-4-8-14(12)21-11-16-18-17-15-9-5-6-10-19(15)16/h3-4,7-8,13,20H,2,5-6,9-11H2,1H3/t13-/m0/s1. The van der Waals surface area contributed by atoms with Crippen LogP contribution in [0.25, 0.3) is 0 Å². The van der Waals surface area contributed by atoms with Crippen LogP contribution in [-0.2, 0) is 19.6 Å². The number of hydrogen-bond donors (Lipinski definition) is 1. The fourth-order valence-electron chi connectivity index (χ4n) is 2.72. The van der Waals surface area contributed by atoms with Crippen LogP contribution in [0.4, 0.5) is 0 Å². The largest absolute Gasteiger partial charge is 0.485 e. The predicted octanol–water partition coefficient (Wildman–Crippen LogP) is 2.64. The van der Waals surface area contributed by atoms with E-state index in [4.69, 9.17) is 4.74 Å². The van der Waals surface area contributed by atoms with Gasteiger partial charge in [0.15, 0.2) is 5.82 Å². The van der Waals surface area contributed by atoms with E-state index in [0.717, 1.165) is 35.9 Å². The molecule has 2 aromatic rings. The van der Waals surface area contributed by atoms with Crippen molar-refractivity contribution in [2.24, 2.45) is 0 Å². The summed E-state index contributed by atoms with van der Waals surface area (Å²) in [5.41, 5.74) is 0.832. The first-order valence-corrected chi connectivity index (χ1v) is 7.60. The van der Waals surface area contributed by atoms with Crippen LogP contribution in [0.1, 0.15) is 49.5 Å². The van der Waals surface area contributed by atoms with Crippen molar-refractivity contribution in [3.05, 3.63) is 41.5 Å². The van der Waals surface area contributed by atoms with Crippen molar-refractivity contribution in [1.82, 2.24) is 14.8 Å². The highest BCUT2D eigenvalue weighted by Crippen LogP contribution is 2.27. The SMILES string of the molecule is CC[C@H](O)c1ccccc1OCc1nnc2n1CCCC2. The van der Waals surface area contributed by atoms with E-state index in [2.05, 4.69) is 14.8 Å². The quantitative estimate of drug-likeness (QED) is 0.918. The lowest BCUT2D eigenvalue weighted by Crippen LogP contribution is -2.14. The van der Waals surface area contributed by atoms with Gasteiger partial charge in [0.2, 0.25) is 0 Å². The molecule has 1 aromatic carbocycles. The maximum atomic E-state index is 10.0. The van der Waals surface area contributed by atoms with Crippen LogP contribution >= 0.6 is 0 Å². The van der Waals surface area contributed by atoms with Crippen molar-refractivity contribution >= 4 is 0 Å². The van der Waals surface area contributed by atoms with E-state index in [1.54, 1.807) is 0 Å². The summed E-state index contributed by atoms with van der Waals surface area (Å²) in [6.45, 7) is 3.32. The van der Waals surface area contributed by atoms with Crippen LogP contribution in [0.3, 0.4) is 0 Å². The average molecular weight is 287 g/mol. The topological polar surface area (TPSA) is 60.2 Å². The van der Waals surface area contributed by atoms with Gasteiger partial charge in [-0.05, 0) is 25.3 Å². The highest BCUT2D eigenvalue weighted by molar-refractivity contribution is 5.35. The molecule has 0 unspecified atom stereocenters. The van der Waals surface area contributed by atoms with Crippen LogP contribution < -0.4 is 4.74 Å². The molecule has 21 heavy (non-hydrogen) atoms. The molecule has 1 aromatic heterocycles. The predicted molar refractivity (Wildman–Crippen MR) is 79.0 cm³/mol. The van der Waals surface area contributed by atoms with Crippen LogP contribution in [0.2, 0.25) is 0 Å². The van der Waals surface area contributed by atoms with E-state index in [1.165, 1.54) is 12.8 Å². The monoisotopic (exact) mass is 287 g/mol. The van der Waals surface area contributed by atoms with Gasteiger partial charge in [0, 0.05) is 18.5 Å². The van der Waals surface area contributed by atoms with Crippen molar-refractivity contribution in [3.8, 4) is 5.75 Å². The molecular formula is C16H21N3O2. The number of hydrogen-bond acceptors (Lipinski definition) is 4. The lowest BCUT2D eigenvalue weighted by molar-refractivity contribution is 0.165. The zero-order chi connectivity index (χ0) is 14.7. The highest BCUT2D eigenvalue weighted by atomic mass is 16.5. The third-order valence-corrected chi connectivity index (χ3v) is 3.96. The van der Waals surface area contributed by atoms with Gasteiger partial charge in [-0.15, -0.1) is 10.2 Å². The van der Waals surface area contributed by atoms with Crippen molar-refractivity contribution in [2.45, 2.75) is 51.9 Å². The van der Waals surface area contributed by atoms with E-state index in [1.807, 2.05) is 31.2 Å². The zero-order valence-electron chi connectivity index (χ0n) is 12.3. The molecule has 1 aliphatic heterocycles. The van der Waals surface area contributed by atoms with Crippen molar-refractivity contribution in [2.75, 3.05) is 0 Å². The Morgan fingerprint density at radius 2 is 2.14 bits per heavy atom. The fourth-order valence-corrected chi connectivity index (χ4v) is 2.72. The second-order valence-corrected chi connectivity index (χ2v) is 5.39. The summed E-state index contributed by atoms with van der Waals surface area (Å²) in [6, 6.07) is 7.63. The molecule has 0 amide bonds. The van der Waals surface area contributed by atoms with Gasteiger partial charge in [-0.1, -0.05) is 25.1 Å². The molecule has 0 saturated carbocycles. The molecule has 1 atom stereocenters. The summed E-state index contributed by atoms with van der Waals surface area (Å²) < 4.78 is 8.04. The van der Waals surface area contributed by atoms with Crippen LogP contribution in [0, 0.1) is 0 Å². The zero-order valence-corrected chi connectivity index (χ0v) is 12.3. The molecule has 0 spiro atoms. The van der Waals surface area contributed by atoms with Gasteiger partial charge in [0.25, 0.3) is 0 Å². The molecule has 5 nitrogen and oxygen atoms in total. The molecule has 0 aliphatic carbocycles. The third-order valence-electron chi connectivity index (χ3n) is 3.96. The van der Waals surface area contributed by atoms with Gasteiger partial charge in [0.1, 0.15) is 18.2 Å². The molecule has 0 radical (unpaired) electrons. The van der Waals surface area contributed by atoms with Gasteiger partial charge >= 0.3 is 0 Å². The lowest BCUT2D eigenvalue weighted by Gasteiger charge is -2.17. The first kappa shape index (κ1) is 14.1. The van der Waals surface area contributed by atoms with E-state index in [0.29, 0.717) is 13.0 Å². The molecule has 5 heteroatoms. The van der Waals surface area contributed by atoms with Crippen molar-refractivity contribution in [1.29, 1.82) is 0 Å². The Morgan fingerprint density at radius 1 is 1.29 bits per heavy atom. The number of nitrogens with zero attached hydrogens (tertiary/aromatic N) is 3. The molecule has 2 heterocycles. The summed E-state index contributed by atoms with van der Waals surface area (Å²) >= 11 is 0. The number of aliphatic hydroxyl groups excluding tert-OH is 1. The molecule has 1 aliphatic rings. The van der Waals surface area contributed by atoms with Gasteiger partial charge in [-0.3, -0.25) is 0 Å². The molecule has 0 saturated heterocycles. The third kappa shape index (κ3) is 2.93. The minimum atomic E-state index is -0.492. The smallest absolute Gasteiger partial charge is 0.171 e. The second-order valence-electron chi connectivity index (χ2n) is 5.39. The number of aliphatic hydroxyl groups is 1. The summed E-state index contributed by atoms with van der Waals surface area (Å²) in [5.74, 6) is 2.65. The minimum Gasteiger partial charge on any atom is -0.485 e. The molecule has 0 fully saturated rings. The summed E-state index contributed by atoms with van der Waals surface area (Å²) in [6.07, 6.45) is 3.53. The fraction of sp³-hybridized carbons (Fsp3) is 0.500. The number of rotatable bonds is 5. The normalized spacial score (nSPS) is 15.5. The number of aromatic nitrogens is 3. The van der Waals surface area contributed by atoms with Crippen molar-refractivity contribution in [3.63, 3.8) is 0 Å². The maximum Gasteiger partial charge on any atom is 0.171 e. The molecule has 1 N–H and O–H groups in total. The first-order valence-electron chi connectivity index (χ1n) is 7.60. The van der Waals surface area contributed by atoms with E-state index in [9.17, 15) is 5.11 Å². The number of para-hydroxylation sites is 1. The van der Waals surface area contributed by atoms with Gasteiger partial charge in [0.05, 0.1) is 6.10 Å². The Hall–Kier alpha value is -1.88. The Kier molecular flexibility index (Phi) is 4.20. The Balaban J connectivity index is 1.75. The second kappa shape index (κ2) is 6.26. The Morgan fingerprint density at radius 3 is 3.00 bits per heavy atom. The Labute approximate surface area is 124 Å². The minimum absolute atomic E-state index is 0.389. The van der Waals surface area contributed by atoms with Crippen LogP contribution in [0.15, 0.2) is 24.3 Å². The van der Waals surface area contributed by atoms with Gasteiger partial charge in [-0.25, -0.2) is 0 Å². The van der Waals surface area contributed by atoms with E-state index < -0.39 is 6.10 Å². The molecule has 3 rings (SSSR count). The number of fused-ring (bicyclic) bond motifs is 1. The van der Waals surface area contributed by atoms with Crippen molar-refractivity contribution < 1.29 is 9.84 Å². The summed E-state index contributed by atoms with van der Waals surface area (Å²) in [7, 11) is 0. The highest BCUT2D eigenvalue weighted by Gasteiger charge is 2.17. The summed E-state index contributed by atoms with van der Waals surface area (Å²) in [4.78, 5) is 0. The van der Waals surface area contributed by atoms with Gasteiger partial charge in [-0.2, -0.15) is 0 Å². The lowest BCUT2D eigenvalue weighted by atomic mass is 10.1. The number of aryl methyl sites for hydroxylation is 1. The van der Waals surface area contributed by atoms with Gasteiger partial charge < -0.3 is 14.4 Å². The average Bonchev–Trinajstić information content (AvgIpc) is 2.96. The van der Waals surface area contributed by atoms with E-state index in [-0.39, 0.29) is 0 Å². The summed E-state index contributed by atoms with van der Waals surface area (Å²) in [5, 5.41) is 18.5. The van der Waals surface area contributed by atoms with E-state index >= 15 is 0 Å². The first-order chi connectivity index (χ1) is 10.3. The number of benzene rings is 1. The number of ether oxygens (including phenoxy) is 1. The molecule has 112 valence electrons. The van der Waals surface area contributed by atoms with Crippen LogP contribution in [0.5, 0.6) is 5.75 Å². The maximum absolute atomic E-state index is 10.0. The molecule has 0 bridgehead atoms.